The Labute approximate surface area is 157 Å². The predicted molar refractivity (Wildman–Crippen MR) is 99.8 cm³/mol. The number of nitrogens with one attached hydrogen (secondary N) is 2. The van der Waals surface area contributed by atoms with Gasteiger partial charge in [0.15, 0.2) is 0 Å². The first-order valence-electron chi connectivity index (χ1n) is 8.56. The first-order chi connectivity index (χ1) is 13.0. The Morgan fingerprint density at radius 1 is 1.00 bits per heavy atom. The number of hydrogen-bond donors (Lipinski definition) is 3. The van der Waals surface area contributed by atoms with Crippen molar-refractivity contribution in [1.29, 1.82) is 0 Å². The van der Waals surface area contributed by atoms with Crippen LogP contribution in [0.2, 0.25) is 0 Å². The highest BCUT2D eigenvalue weighted by molar-refractivity contribution is 5.96. The molecule has 0 bridgehead atoms. The Hall–Kier alpha value is -3.35. The number of carbonyl (C=O) groups excluding carboxylic acids is 2. The number of carbonyl (C=O) groups is 3. The molecule has 2 aromatic carbocycles. The fourth-order valence-corrected chi connectivity index (χ4v) is 2.44. The third-order valence-electron chi connectivity index (χ3n) is 3.84. The van der Waals surface area contributed by atoms with Crippen molar-refractivity contribution in [3.8, 4) is 5.75 Å². The SMILES string of the molecule is CCOc1ccc(C(=O)NCC(=O)NCC(C(=O)O)c2ccccc2)cc1. The number of benzene rings is 2. The maximum Gasteiger partial charge on any atom is 0.312 e. The van der Waals surface area contributed by atoms with Gasteiger partial charge in [0, 0.05) is 12.1 Å². The molecular weight excluding hydrogens is 348 g/mol. The molecule has 0 aliphatic carbocycles. The lowest BCUT2D eigenvalue weighted by Crippen LogP contribution is -2.39. The largest absolute Gasteiger partial charge is 0.494 e. The molecule has 0 radical (unpaired) electrons. The van der Waals surface area contributed by atoms with Crippen molar-refractivity contribution in [2.45, 2.75) is 12.8 Å². The predicted octanol–water partition coefficient (Wildman–Crippen LogP) is 1.80. The van der Waals surface area contributed by atoms with E-state index in [2.05, 4.69) is 10.6 Å². The Kier molecular flexibility index (Phi) is 7.37. The summed E-state index contributed by atoms with van der Waals surface area (Å²) < 4.78 is 5.31. The molecule has 7 heteroatoms. The second kappa shape index (κ2) is 9.96. The molecule has 27 heavy (non-hydrogen) atoms. The average Bonchev–Trinajstić information content (AvgIpc) is 2.67. The molecule has 2 aromatic rings. The van der Waals surface area contributed by atoms with Gasteiger partial charge < -0.3 is 20.5 Å². The van der Waals surface area contributed by atoms with Crippen LogP contribution in [0.5, 0.6) is 5.75 Å². The molecule has 0 aliphatic heterocycles. The van der Waals surface area contributed by atoms with E-state index in [0.29, 0.717) is 23.5 Å². The van der Waals surface area contributed by atoms with Crippen LogP contribution < -0.4 is 15.4 Å². The summed E-state index contributed by atoms with van der Waals surface area (Å²) in [7, 11) is 0. The molecule has 0 aliphatic rings. The summed E-state index contributed by atoms with van der Waals surface area (Å²) in [6, 6.07) is 15.2. The molecule has 2 amide bonds. The van der Waals surface area contributed by atoms with E-state index < -0.39 is 23.7 Å². The minimum Gasteiger partial charge on any atom is -0.494 e. The normalized spacial score (nSPS) is 11.3. The van der Waals surface area contributed by atoms with Crippen molar-refractivity contribution in [3.05, 3.63) is 65.7 Å². The summed E-state index contributed by atoms with van der Waals surface area (Å²) in [4.78, 5) is 35.4. The molecule has 1 unspecified atom stereocenters. The maximum atomic E-state index is 12.1. The monoisotopic (exact) mass is 370 g/mol. The highest BCUT2D eigenvalue weighted by atomic mass is 16.5. The van der Waals surface area contributed by atoms with Crippen molar-refractivity contribution < 1.29 is 24.2 Å². The Balaban J connectivity index is 1.82. The zero-order valence-electron chi connectivity index (χ0n) is 15.0. The lowest BCUT2D eigenvalue weighted by atomic mass is 9.99. The molecule has 2 rings (SSSR count). The summed E-state index contributed by atoms with van der Waals surface area (Å²) in [6.45, 7) is 2.10. The molecule has 0 aromatic heterocycles. The van der Waals surface area contributed by atoms with Crippen molar-refractivity contribution in [1.82, 2.24) is 10.6 Å². The van der Waals surface area contributed by atoms with Gasteiger partial charge in [-0.1, -0.05) is 30.3 Å². The third kappa shape index (κ3) is 6.14. The molecule has 0 fully saturated rings. The first kappa shape index (κ1) is 20.0. The van der Waals surface area contributed by atoms with E-state index in [0.717, 1.165) is 0 Å². The lowest BCUT2D eigenvalue weighted by molar-refractivity contribution is -0.138. The molecule has 142 valence electrons. The van der Waals surface area contributed by atoms with Gasteiger partial charge in [0.25, 0.3) is 5.91 Å². The second-order valence-corrected chi connectivity index (χ2v) is 5.75. The van der Waals surface area contributed by atoms with E-state index in [-0.39, 0.29) is 13.1 Å². The zero-order valence-corrected chi connectivity index (χ0v) is 15.0. The van der Waals surface area contributed by atoms with Gasteiger partial charge in [-0.05, 0) is 36.8 Å². The Bertz CT molecular complexity index is 775. The summed E-state index contributed by atoms with van der Waals surface area (Å²) >= 11 is 0. The van der Waals surface area contributed by atoms with Gasteiger partial charge >= 0.3 is 5.97 Å². The first-order valence-corrected chi connectivity index (χ1v) is 8.56. The van der Waals surface area contributed by atoms with E-state index in [1.165, 1.54) is 0 Å². The van der Waals surface area contributed by atoms with Crippen LogP contribution in [-0.4, -0.2) is 42.6 Å². The highest BCUT2D eigenvalue weighted by Crippen LogP contribution is 2.14. The molecule has 0 saturated heterocycles. The number of carboxylic acid groups (broad SMARTS) is 1. The quantitative estimate of drug-likeness (QED) is 0.624. The minimum atomic E-state index is -1.03. The standard InChI is InChI=1S/C20H22N2O5/c1-2-27-16-10-8-15(9-11-16)19(24)22-13-18(23)21-12-17(20(25)26)14-6-4-3-5-7-14/h3-11,17H,2,12-13H2,1H3,(H,21,23)(H,22,24)(H,25,26). The van der Waals surface area contributed by atoms with Gasteiger partial charge in [0.05, 0.1) is 19.1 Å². The smallest absolute Gasteiger partial charge is 0.312 e. The fourth-order valence-electron chi connectivity index (χ4n) is 2.44. The van der Waals surface area contributed by atoms with E-state index >= 15 is 0 Å². The second-order valence-electron chi connectivity index (χ2n) is 5.75. The number of rotatable bonds is 9. The molecule has 0 spiro atoms. The summed E-state index contributed by atoms with van der Waals surface area (Å²) in [6.07, 6.45) is 0. The van der Waals surface area contributed by atoms with E-state index in [1.807, 2.05) is 6.92 Å². The van der Waals surface area contributed by atoms with Crippen LogP contribution in [0.3, 0.4) is 0 Å². The third-order valence-corrected chi connectivity index (χ3v) is 3.84. The molecule has 3 N–H and O–H groups in total. The van der Waals surface area contributed by atoms with Crippen LogP contribution in [0.15, 0.2) is 54.6 Å². The maximum absolute atomic E-state index is 12.1. The number of carboxylic acids is 1. The Morgan fingerprint density at radius 2 is 1.67 bits per heavy atom. The molecule has 7 nitrogen and oxygen atoms in total. The summed E-state index contributed by atoms with van der Waals surface area (Å²) in [5.74, 6) is -2.08. The van der Waals surface area contributed by atoms with Crippen LogP contribution in [0, 0.1) is 0 Å². The summed E-state index contributed by atoms with van der Waals surface area (Å²) in [5, 5.41) is 14.4. The lowest BCUT2D eigenvalue weighted by Gasteiger charge is -2.14. The number of amides is 2. The number of hydrogen-bond acceptors (Lipinski definition) is 4. The van der Waals surface area contributed by atoms with Gasteiger partial charge in [0.2, 0.25) is 5.91 Å². The fraction of sp³-hybridized carbons (Fsp3) is 0.250. The topological polar surface area (TPSA) is 105 Å². The van der Waals surface area contributed by atoms with Gasteiger partial charge in [-0.15, -0.1) is 0 Å². The van der Waals surface area contributed by atoms with Gasteiger partial charge in [-0.3, -0.25) is 14.4 Å². The van der Waals surface area contributed by atoms with Crippen LogP contribution in [0.4, 0.5) is 0 Å². The van der Waals surface area contributed by atoms with Crippen molar-refractivity contribution in [2.75, 3.05) is 19.7 Å². The van der Waals surface area contributed by atoms with Crippen LogP contribution in [0.25, 0.3) is 0 Å². The van der Waals surface area contributed by atoms with Gasteiger partial charge in [-0.2, -0.15) is 0 Å². The average molecular weight is 370 g/mol. The number of ether oxygens (including phenoxy) is 1. The molecular formula is C20H22N2O5. The molecule has 0 heterocycles. The van der Waals surface area contributed by atoms with Gasteiger partial charge in [0.1, 0.15) is 5.75 Å². The van der Waals surface area contributed by atoms with E-state index in [9.17, 15) is 19.5 Å². The molecule has 1 atom stereocenters. The van der Waals surface area contributed by atoms with Crippen LogP contribution in [0.1, 0.15) is 28.8 Å². The molecule has 0 saturated carbocycles. The minimum absolute atomic E-state index is 0.0584. The van der Waals surface area contributed by atoms with E-state index in [1.54, 1.807) is 54.6 Å². The number of aliphatic carboxylic acids is 1. The van der Waals surface area contributed by atoms with Crippen molar-refractivity contribution in [2.24, 2.45) is 0 Å². The van der Waals surface area contributed by atoms with Crippen LogP contribution >= 0.6 is 0 Å². The van der Waals surface area contributed by atoms with Crippen LogP contribution in [-0.2, 0) is 9.59 Å². The van der Waals surface area contributed by atoms with Crippen molar-refractivity contribution in [3.63, 3.8) is 0 Å². The van der Waals surface area contributed by atoms with E-state index in [4.69, 9.17) is 4.74 Å². The highest BCUT2D eigenvalue weighted by Gasteiger charge is 2.20. The zero-order chi connectivity index (χ0) is 19.6. The van der Waals surface area contributed by atoms with Gasteiger partial charge in [-0.25, -0.2) is 0 Å². The Morgan fingerprint density at radius 3 is 2.26 bits per heavy atom. The summed E-state index contributed by atoms with van der Waals surface area (Å²) in [5.41, 5.74) is 1.00. The van der Waals surface area contributed by atoms with Crippen molar-refractivity contribution >= 4 is 17.8 Å².